The van der Waals surface area contributed by atoms with Gasteiger partial charge in [0.2, 0.25) is 0 Å². The minimum absolute atomic E-state index is 0.188. The van der Waals surface area contributed by atoms with Crippen LogP contribution < -0.4 is 5.32 Å². The van der Waals surface area contributed by atoms with E-state index in [1.807, 2.05) is 30.3 Å². The van der Waals surface area contributed by atoms with E-state index in [0.29, 0.717) is 12.5 Å². The molecule has 0 spiro atoms. The van der Waals surface area contributed by atoms with Crippen LogP contribution in [0.2, 0.25) is 0 Å². The molecule has 1 aliphatic carbocycles. The maximum atomic E-state index is 11.6. The van der Waals surface area contributed by atoms with Crippen LogP contribution in [0.25, 0.3) is 0 Å². The Labute approximate surface area is 130 Å². The summed E-state index contributed by atoms with van der Waals surface area (Å²) < 4.78 is 5.19. The molecule has 0 aliphatic heterocycles. The van der Waals surface area contributed by atoms with E-state index in [2.05, 4.69) is 5.32 Å². The molecule has 2 N–H and O–H groups in total. The minimum Gasteiger partial charge on any atom is -0.481 e. The molecular formula is C17H23NO4. The lowest BCUT2D eigenvalue weighted by Gasteiger charge is -2.26. The third kappa shape index (κ3) is 5.48. The molecule has 2 rings (SSSR count). The normalized spacial score (nSPS) is 21.3. The van der Waals surface area contributed by atoms with Crippen LogP contribution in [0.1, 0.15) is 31.2 Å². The van der Waals surface area contributed by atoms with Gasteiger partial charge in [-0.3, -0.25) is 9.59 Å². The molecule has 1 aromatic rings. The average Bonchev–Trinajstić information content (AvgIpc) is 2.54. The maximum absolute atomic E-state index is 11.6. The summed E-state index contributed by atoms with van der Waals surface area (Å²) >= 11 is 0. The second-order valence-corrected chi connectivity index (χ2v) is 5.83. The third-order valence-electron chi connectivity index (χ3n) is 4.14. The van der Waals surface area contributed by atoms with Crippen LogP contribution >= 0.6 is 0 Å². The van der Waals surface area contributed by atoms with Gasteiger partial charge in [0.05, 0.1) is 12.5 Å². The van der Waals surface area contributed by atoms with Gasteiger partial charge in [0.25, 0.3) is 0 Å². The number of aliphatic carboxylic acids is 1. The van der Waals surface area contributed by atoms with Crippen LogP contribution in [-0.4, -0.2) is 30.1 Å². The molecule has 0 saturated heterocycles. The Bertz CT molecular complexity index is 481. The van der Waals surface area contributed by atoms with E-state index >= 15 is 0 Å². The maximum Gasteiger partial charge on any atom is 0.320 e. The summed E-state index contributed by atoms with van der Waals surface area (Å²) in [6.07, 6.45) is 3.28. The van der Waals surface area contributed by atoms with Gasteiger partial charge in [-0.25, -0.2) is 0 Å². The molecule has 0 amide bonds. The van der Waals surface area contributed by atoms with Crippen molar-refractivity contribution in [2.45, 2.75) is 32.3 Å². The minimum atomic E-state index is -0.684. The number of nitrogens with one attached hydrogen (secondary N) is 1. The fourth-order valence-electron chi connectivity index (χ4n) is 2.78. The topological polar surface area (TPSA) is 75.6 Å². The fourth-order valence-corrected chi connectivity index (χ4v) is 2.78. The van der Waals surface area contributed by atoms with Gasteiger partial charge in [-0.15, -0.1) is 0 Å². The van der Waals surface area contributed by atoms with Crippen LogP contribution in [0.3, 0.4) is 0 Å². The van der Waals surface area contributed by atoms with Gasteiger partial charge >= 0.3 is 11.9 Å². The largest absolute Gasteiger partial charge is 0.481 e. The zero-order valence-electron chi connectivity index (χ0n) is 12.7. The van der Waals surface area contributed by atoms with Crippen LogP contribution in [0.4, 0.5) is 0 Å². The number of carboxylic acids is 1. The molecule has 5 heteroatoms. The van der Waals surface area contributed by atoms with Crippen molar-refractivity contribution in [3.63, 3.8) is 0 Å². The summed E-state index contributed by atoms with van der Waals surface area (Å²) in [5, 5.41) is 12.1. The van der Waals surface area contributed by atoms with Gasteiger partial charge in [0.1, 0.15) is 6.61 Å². The molecule has 22 heavy (non-hydrogen) atoms. The van der Waals surface area contributed by atoms with Crippen molar-refractivity contribution >= 4 is 11.9 Å². The van der Waals surface area contributed by atoms with E-state index in [4.69, 9.17) is 9.84 Å². The molecular weight excluding hydrogens is 282 g/mol. The predicted molar refractivity (Wildman–Crippen MR) is 82.2 cm³/mol. The number of carboxylic acid groups (broad SMARTS) is 1. The highest BCUT2D eigenvalue weighted by molar-refractivity contribution is 5.71. The number of esters is 1. The number of benzene rings is 1. The Morgan fingerprint density at radius 3 is 2.45 bits per heavy atom. The molecule has 0 unspecified atom stereocenters. The van der Waals surface area contributed by atoms with E-state index < -0.39 is 5.97 Å². The molecule has 1 saturated carbocycles. The average molecular weight is 305 g/mol. The van der Waals surface area contributed by atoms with Crippen molar-refractivity contribution in [2.24, 2.45) is 11.8 Å². The smallest absolute Gasteiger partial charge is 0.320 e. The zero-order chi connectivity index (χ0) is 15.8. The first-order chi connectivity index (χ1) is 10.6. The molecule has 0 heterocycles. The molecule has 0 atom stereocenters. The van der Waals surface area contributed by atoms with Gasteiger partial charge in [0.15, 0.2) is 0 Å². The number of hydrogen-bond donors (Lipinski definition) is 2. The van der Waals surface area contributed by atoms with Crippen molar-refractivity contribution in [1.82, 2.24) is 5.32 Å². The first-order valence-corrected chi connectivity index (χ1v) is 7.78. The molecule has 120 valence electrons. The highest BCUT2D eigenvalue weighted by atomic mass is 16.5. The Balaban J connectivity index is 1.57. The molecule has 1 fully saturated rings. The second-order valence-electron chi connectivity index (χ2n) is 5.83. The highest BCUT2D eigenvalue weighted by Gasteiger charge is 2.25. The zero-order valence-corrected chi connectivity index (χ0v) is 12.7. The molecule has 1 aromatic carbocycles. The molecule has 1 aliphatic rings. The predicted octanol–water partition coefficient (Wildman–Crippen LogP) is 2.21. The number of rotatable bonds is 7. The highest BCUT2D eigenvalue weighted by Crippen LogP contribution is 2.28. The molecule has 0 bridgehead atoms. The van der Waals surface area contributed by atoms with Gasteiger partial charge in [-0.2, -0.15) is 0 Å². The van der Waals surface area contributed by atoms with Crippen LogP contribution in [0.5, 0.6) is 0 Å². The fraction of sp³-hybridized carbons (Fsp3) is 0.529. The standard InChI is InChI=1S/C17H23NO4/c19-16(22-12-14-4-2-1-3-5-14)11-18-10-13-6-8-15(9-7-13)17(20)21/h1-5,13,15,18H,6-12H2,(H,20,21). The van der Waals surface area contributed by atoms with Crippen molar-refractivity contribution in [3.8, 4) is 0 Å². The van der Waals surface area contributed by atoms with E-state index in [9.17, 15) is 9.59 Å². The lowest BCUT2D eigenvalue weighted by molar-refractivity contribution is -0.144. The van der Waals surface area contributed by atoms with Crippen LogP contribution in [0.15, 0.2) is 30.3 Å². The Morgan fingerprint density at radius 2 is 1.82 bits per heavy atom. The van der Waals surface area contributed by atoms with Gasteiger partial charge in [-0.05, 0) is 43.7 Å². The van der Waals surface area contributed by atoms with Crippen LogP contribution in [0, 0.1) is 11.8 Å². The lowest BCUT2D eigenvalue weighted by atomic mass is 9.82. The first kappa shape index (κ1) is 16.5. The number of ether oxygens (including phenoxy) is 1. The Hall–Kier alpha value is -1.88. The summed E-state index contributed by atoms with van der Waals surface area (Å²) in [6, 6.07) is 9.58. The first-order valence-electron chi connectivity index (χ1n) is 7.78. The monoisotopic (exact) mass is 305 g/mol. The Morgan fingerprint density at radius 1 is 1.14 bits per heavy atom. The van der Waals surface area contributed by atoms with E-state index in [-0.39, 0.29) is 18.4 Å². The second kappa shape index (κ2) is 8.54. The Kier molecular flexibility index (Phi) is 6.40. The van der Waals surface area contributed by atoms with Crippen molar-refractivity contribution < 1.29 is 19.4 Å². The van der Waals surface area contributed by atoms with E-state index in [0.717, 1.165) is 37.8 Å². The van der Waals surface area contributed by atoms with Crippen LogP contribution in [-0.2, 0) is 20.9 Å². The molecule has 5 nitrogen and oxygen atoms in total. The summed E-state index contributed by atoms with van der Waals surface area (Å²) in [6.45, 7) is 1.24. The van der Waals surface area contributed by atoms with Crippen molar-refractivity contribution in [3.05, 3.63) is 35.9 Å². The van der Waals surface area contributed by atoms with E-state index in [1.54, 1.807) is 0 Å². The van der Waals surface area contributed by atoms with Crippen molar-refractivity contribution in [1.29, 1.82) is 0 Å². The summed E-state index contributed by atoms with van der Waals surface area (Å²) in [7, 11) is 0. The molecule has 0 radical (unpaired) electrons. The summed E-state index contributed by atoms with van der Waals surface area (Å²) in [5.74, 6) is -0.677. The number of hydrogen-bond acceptors (Lipinski definition) is 4. The SMILES string of the molecule is O=C(CNCC1CCC(C(=O)O)CC1)OCc1ccccc1. The quantitative estimate of drug-likeness (QED) is 0.755. The van der Waals surface area contributed by atoms with Gasteiger partial charge in [0, 0.05) is 0 Å². The molecule has 0 aromatic heterocycles. The van der Waals surface area contributed by atoms with Gasteiger partial charge in [-0.1, -0.05) is 30.3 Å². The third-order valence-corrected chi connectivity index (χ3v) is 4.14. The summed E-state index contributed by atoms with van der Waals surface area (Å²) in [5.41, 5.74) is 0.975. The van der Waals surface area contributed by atoms with Crippen molar-refractivity contribution in [2.75, 3.05) is 13.1 Å². The van der Waals surface area contributed by atoms with E-state index in [1.165, 1.54) is 0 Å². The lowest BCUT2D eigenvalue weighted by Crippen LogP contribution is -2.32. The number of carbonyl (C=O) groups is 2. The van der Waals surface area contributed by atoms with Gasteiger partial charge < -0.3 is 15.2 Å². The number of carbonyl (C=O) groups excluding carboxylic acids is 1. The summed E-state index contributed by atoms with van der Waals surface area (Å²) in [4.78, 5) is 22.5.